The molecule has 3 aromatic rings. The van der Waals surface area contributed by atoms with Crippen LogP contribution in [-0.2, 0) is 6.54 Å². The second-order valence-corrected chi connectivity index (χ2v) is 6.00. The minimum Gasteiger partial charge on any atom is -0.354 e. The predicted molar refractivity (Wildman–Crippen MR) is 97.7 cm³/mol. The second kappa shape index (κ2) is 6.68. The maximum absolute atomic E-state index is 4.35. The second-order valence-electron chi connectivity index (χ2n) is 6.00. The standard InChI is InChI=1S/C19H18N6/c1-14-10-11-25(13-20-14)12-15-6-8-16(9-7-15)17-4-2-3-5-18(17)19-21-23-24-22-19/h2-10,13H,11-12H2,1H3,(H,21,22,23,24). The lowest BCUT2D eigenvalue weighted by atomic mass is 9.98. The van der Waals surface area contributed by atoms with Crippen LogP contribution < -0.4 is 0 Å². The molecule has 4 rings (SSSR count). The molecule has 25 heavy (non-hydrogen) atoms. The third-order valence-electron chi connectivity index (χ3n) is 4.21. The number of aromatic nitrogens is 4. The molecule has 2 heterocycles. The largest absolute Gasteiger partial charge is 0.354 e. The Bertz CT molecular complexity index is 909. The van der Waals surface area contributed by atoms with E-state index in [1.165, 1.54) is 5.56 Å². The van der Waals surface area contributed by atoms with Crippen molar-refractivity contribution in [2.45, 2.75) is 13.5 Å². The number of tetrazole rings is 1. The minimum absolute atomic E-state index is 0.603. The lowest BCUT2D eigenvalue weighted by Gasteiger charge is -2.21. The summed E-state index contributed by atoms with van der Waals surface area (Å²) in [4.78, 5) is 6.54. The number of aromatic amines is 1. The van der Waals surface area contributed by atoms with Crippen molar-refractivity contribution in [1.29, 1.82) is 0 Å². The van der Waals surface area contributed by atoms with Crippen molar-refractivity contribution >= 4 is 6.34 Å². The molecule has 6 nitrogen and oxygen atoms in total. The minimum atomic E-state index is 0.603. The van der Waals surface area contributed by atoms with Crippen LogP contribution in [0.15, 0.2) is 65.3 Å². The van der Waals surface area contributed by atoms with Crippen LogP contribution in [0.3, 0.4) is 0 Å². The van der Waals surface area contributed by atoms with Crippen molar-refractivity contribution in [2.24, 2.45) is 4.99 Å². The van der Waals surface area contributed by atoms with Gasteiger partial charge in [-0.25, -0.2) is 4.99 Å². The van der Waals surface area contributed by atoms with Gasteiger partial charge in [-0.1, -0.05) is 48.5 Å². The SMILES string of the molecule is CC1=CCN(Cc2ccc(-c3ccccc3-c3nn[nH]n3)cc2)C=N1. The molecule has 0 atom stereocenters. The molecular formula is C19H18N6. The van der Waals surface area contributed by atoms with E-state index < -0.39 is 0 Å². The molecule has 1 aliphatic rings. The van der Waals surface area contributed by atoms with E-state index in [9.17, 15) is 0 Å². The van der Waals surface area contributed by atoms with Gasteiger partial charge in [-0.3, -0.25) is 0 Å². The van der Waals surface area contributed by atoms with Crippen LogP contribution in [0.1, 0.15) is 12.5 Å². The molecule has 0 aliphatic carbocycles. The van der Waals surface area contributed by atoms with Crippen molar-refractivity contribution in [1.82, 2.24) is 25.5 Å². The van der Waals surface area contributed by atoms with E-state index in [1.54, 1.807) is 0 Å². The molecule has 1 aliphatic heterocycles. The molecule has 124 valence electrons. The number of allylic oxidation sites excluding steroid dienone is 1. The Balaban J connectivity index is 1.56. The normalized spacial score (nSPS) is 13.8. The highest BCUT2D eigenvalue weighted by atomic mass is 15.5. The first-order valence-electron chi connectivity index (χ1n) is 8.17. The maximum Gasteiger partial charge on any atom is 0.205 e. The van der Waals surface area contributed by atoms with Gasteiger partial charge in [0.05, 0.1) is 6.34 Å². The Morgan fingerprint density at radius 2 is 1.84 bits per heavy atom. The number of hydrogen-bond acceptors (Lipinski definition) is 5. The molecule has 0 spiro atoms. The average Bonchev–Trinajstić information content (AvgIpc) is 3.19. The highest BCUT2D eigenvalue weighted by Crippen LogP contribution is 2.29. The summed E-state index contributed by atoms with van der Waals surface area (Å²) >= 11 is 0. The fraction of sp³-hybridized carbons (Fsp3) is 0.158. The van der Waals surface area contributed by atoms with Crippen LogP contribution in [0.2, 0.25) is 0 Å². The number of nitrogens with zero attached hydrogens (tertiary/aromatic N) is 5. The van der Waals surface area contributed by atoms with E-state index in [4.69, 9.17) is 0 Å². The summed E-state index contributed by atoms with van der Waals surface area (Å²) in [6, 6.07) is 16.7. The topological polar surface area (TPSA) is 70.1 Å². The van der Waals surface area contributed by atoms with Crippen LogP contribution in [0.25, 0.3) is 22.5 Å². The lowest BCUT2D eigenvalue weighted by molar-refractivity contribution is 0.463. The molecule has 0 amide bonds. The van der Waals surface area contributed by atoms with Crippen LogP contribution in [0, 0.1) is 0 Å². The Labute approximate surface area is 145 Å². The highest BCUT2D eigenvalue weighted by molar-refractivity contribution is 5.80. The van der Waals surface area contributed by atoms with Gasteiger partial charge < -0.3 is 4.90 Å². The molecule has 6 heteroatoms. The first kappa shape index (κ1) is 15.3. The molecule has 0 bridgehead atoms. The molecular weight excluding hydrogens is 312 g/mol. The van der Waals surface area contributed by atoms with E-state index >= 15 is 0 Å². The van der Waals surface area contributed by atoms with E-state index in [0.29, 0.717) is 5.82 Å². The third kappa shape index (κ3) is 3.33. The molecule has 0 unspecified atom stereocenters. The summed E-state index contributed by atoms with van der Waals surface area (Å²) in [5.74, 6) is 0.603. The zero-order valence-corrected chi connectivity index (χ0v) is 13.9. The van der Waals surface area contributed by atoms with E-state index in [1.807, 2.05) is 31.5 Å². The first-order valence-corrected chi connectivity index (χ1v) is 8.17. The van der Waals surface area contributed by atoms with Gasteiger partial charge in [0.2, 0.25) is 5.82 Å². The van der Waals surface area contributed by atoms with Gasteiger partial charge in [0, 0.05) is 24.4 Å². The first-order chi connectivity index (χ1) is 12.3. The van der Waals surface area contributed by atoms with Gasteiger partial charge in [-0.2, -0.15) is 5.21 Å². The van der Waals surface area contributed by atoms with Crippen LogP contribution in [-0.4, -0.2) is 38.4 Å². The van der Waals surface area contributed by atoms with E-state index in [2.05, 4.69) is 66.9 Å². The number of aliphatic imine (C=N–C) groups is 1. The third-order valence-corrected chi connectivity index (χ3v) is 4.21. The molecule has 0 fully saturated rings. The summed E-state index contributed by atoms with van der Waals surface area (Å²) in [5.41, 5.74) is 5.51. The summed E-state index contributed by atoms with van der Waals surface area (Å²) in [5, 5.41) is 14.4. The summed E-state index contributed by atoms with van der Waals surface area (Å²) in [6.07, 6.45) is 4.05. The van der Waals surface area contributed by atoms with E-state index in [0.717, 1.165) is 35.5 Å². The van der Waals surface area contributed by atoms with Crippen molar-refractivity contribution in [3.8, 4) is 22.5 Å². The number of H-pyrrole nitrogens is 1. The number of benzene rings is 2. The quantitative estimate of drug-likeness (QED) is 0.797. The number of nitrogens with one attached hydrogen (secondary N) is 1. The van der Waals surface area contributed by atoms with E-state index in [-0.39, 0.29) is 0 Å². The number of rotatable bonds is 4. The van der Waals surface area contributed by atoms with Gasteiger partial charge in [-0.05, 0) is 34.9 Å². The maximum atomic E-state index is 4.35. The van der Waals surface area contributed by atoms with Gasteiger partial charge in [-0.15, -0.1) is 10.2 Å². The summed E-state index contributed by atoms with van der Waals surface area (Å²) in [6.45, 7) is 3.77. The van der Waals surface area contributed by atoms with Crippen molar-refractivity contribution in [3.63, 3.8) is 0 Å². The van der Waals surface area contributed by atoms with Crippen molar-refractivity contribution in [2.75, 3.05) is 6.54 Å². The monoisotopic (exact) mass is 330 g/mol. The van der Waals surface area contributed by atoms with Gasteiger partial charge in [0.15, 0.2) is 0 Å². The summed E-state index contributed by atoms with van der Waals surface area (Å²) < 4.78 is 0. The Hall–Kier alpha value is -3.28. The zero-order chi connectivity index (χ0) is 17.1. The Morgan fingerprint density at radius 3 is 2.52 bits per heavy atom. The number of hydrogen-bond donors (Lipinski definition) is 1. The average molecular weight is 330 g/mol. The fourth-order valence-electron chi connectivity index (χ4n) is 2.86. The molecule has 2 aromatic carbocycles. The Morgan fingerprint density at radius 1 is 1.04 bits per heavy atom. The smallest absolute Gasteiger partial charge is 0.205 e. The fourth-order valence-corrected chi connectivity index (χ4v) is 2.86. The van der Waals surface area contributed by atoms with Crippen LogP contribution in [0.5, 0.6) is 0 Å². The van der Waals surface area contributed by atoms with Crippen LogP contribution in [0.4, 0.5) is 0 Å². The van der Waals surface area contributed by atoms with Crippen LogP contribution >= 0.6 is 0 Å². The molecule has 0 radical (unpaired) electrons. The molecule has 0 saturated carbocycles. The van der Waals surface area contributed by atoms with Crippen molar-refractivity contribution < 1.29 is 0 Å². The molecule has 1 aromatic heterocycles. The molecule has 1 N–H and O–H groups in total. The zero-order valence-electron chi connectivity index (χ0n) is 13.9. The predicted octanol–water partition coefficient (Wildman–Crippen LogP) is 3.28. The summed E-state index contributed by atoms with van der Waals surface area (Å²) in [7, 11) is 0. The Kier molecular flexibility index (Phi) is 4.08. The van der Waals surface area contributed by atoms with Gasteiger partial charge in [0.1, 0.15) is 0 Å². The van der Waals surface area contributed by atoms with Crippen molar-refractivity contribution in [3.05, 3.63) is 65.9 Å². The highest BCUT2D eigenvalue weighted by Gasteiger charge is 2.11. The molecule has 0 saturated heterocycles. The lowest BCUT2D eigenvalue weighted by Crippen LogP contribution is -2.23. The van der Waals surface area contributed by atoms with Gasteiger partial charge in [0.25, 0.3) is 0 Å². The van der Waals surface area contributed by atoms with Gasteiger partial charge >= 0.3 is 0 Å².